The average molecular weight is 242 g/mol. The fraction of sp³-hybridized carbons (Fsp3) is 0.833. The second-order valence-corrected chi connectivity index (χ2v) is 4.77. The van der Waals surface area contributed by atoms with Crippen LogP contribution in [0.5, 0.6) is 0 Å². The maximum absolute atomic E-state index is 12.1. The molecule has 1 N–H and O–H groups in total. The summed E-state index contributed by atoms with van der Waals surface area (Å²) < 4.78 is 0. The van der Waals surface area contributed by atoms with Crippen LogP contribution in [0.3, 0.4) is 0 Å². The number of piperidine rings is 1. The lowest BCUT2D eigenvalue weighted by molar-refractivity contribution is -0.137. The molecule has 98 valence electrons. The number of nitrogens with zero attached hydrogens (tertiary/aromatic N) is 2. The van der Waals surface area contributed by atoms with Gasteiger partial charge < -0.3 is 14.9 Å². The van der Waals surface area contributed by atoms with Crippen LogP contribution in [0.1, 0.15) is 33.1 Å². The lowest BCUT2D eigenvalue weighted by atomic mass is 9.99. The van der Waals surface area contributed by atoms with E-state index in [9.17, 15) is 9.59 Å². The molecule has 0 saturated carbocycles. The molecule has 0 unspecified atom stereocenters. The summed E-state index contributed by atoms with van der Waals surface area (Å²) in [6.45, 7) is 5.94. The second kappa shape index (κ2) is 6.47. The molecule has 0 aromatic heterocycles. The second-order valence-electron chi connectivity index (χ2n) is 4.77. The molecule has 17 heavy (non-hydrogen) atoms. The Balaban J connectivity index is 2.54. The number of carbonyl (C=O) groups excluding carboxylic acids is 1. The van der Waals surface area contributed by atoms with Gasteiger partial charge in [-0.1, -0.05) is 13.8 Å². The number of aliphatic carboxylic acids is 1. The van der Waals surface area contributed by atoms with Gasteiger partial charge in [0, 0.05) is 19.6 Å². The summed E-state index contributed by atoms with van der Waals surface area (Å²) in [6, 6.07) is -0.124. The third-order valence-corrected chi connectivity index (χ3v) is 3.14. The van der Waals surface area contributed by atoms with Crippen LogP contribution >= 0.6 is 0 Å². The quantitative estimate of drug-likeness (QED) is 0.815. The smallest absolute Gasteiger partial charge is 0.323 e. The van der Waals surface area contributed by atoms with Crippen molar-refractivity contribution < 1.29 is 14.7 Å². The molecule has 5 nitrogen and oxygen atoms in total. The van der Waals surface area contributed by atoms with Crippen molar-refractivity contribution in [1.82, 2.24) is 9.80 Å². The van der Waals surface area contributed by atoms with Crippen molar-refractivity contribution in [1.29, 1.82) is 0 Å². The van der Waals surface area contributed by atoms with E-state index in [1.54, 1.807) is 4.90 Å². The van der Waals surface area contributed by atoms with E-state index >= 15 is 0 Å². The molecule has 0 aliphatic carbocycles. The first-order chi connectivity index (χ1) is 8.04. The maximum atomic E-state index is 12.1. The van der Waals surface area contributed by atoms with E-state index < -0.39 is 5.97 Å². The number of likely N-dealkylation sites (tertiary alicyclic amines) is 1. The third-order valence-electron chi connectivity index (χ3n) is 3.14. The molecule has 1 saturated heterocycles. The number of rotatable bonds is 4. The first-order valence-corrected chi connectivity index (χ1v) is 6.30. The normalized spacial score (nSPS) is 16.9. The standard InChI is InChI=1S/C12H22N2O3/c1-3-6-14(9-11(15)16)12(17)13-7-4-10(2)5-8-13/h10H,3-9H2,1-2H3,(H,15,16). The largest absolute Gasteiger partial charge is 0.480 e. The minimum absolute atomic E-state index is 0.124. The lowest BCUT2D eigenvalue weighted by Crippen LogP contribution is -2.48. The molecule has 0 aromatic carbocycles. The van der Waals surface area contributed by atoms with E-state index in [0.29, 0.717) is 12.5 Å². The third kappa shape index (κ3) is 4.24. The zero-order valence-electron chi connectivity index (χ0n) is 10.7. The van der Waals surface area contributed by atoms with E-state index in [1.807, 2.05) is 6.92 Å². The van der Waals surface area contributed by atoms with Crippen molar-refractivity contribution in [2.45, 2.75) is 33.1 Å². The van der Waals surface area contributed by atoms with E-state index in [2.05, 4.69) is 6.92 Å². The summed E-state index contributed by atoms with van der Waals surface area (Å²) in [6.07, 6.45) is 2.81. The average Bonchev–Trinajstić information content (AvgIpc) is 2.28. The number of hydrogen-bond donors (Lipinski definition) is 1. The Morgan fingerprint density at radius 3 is 2.41 bits per heavy atom. The van der Waals surface area contributed by atoms with Gasteiger partial charge in [-0.15, -0.1) is 0 Å². The van der Waals surface area contributed by atoms with Crippen molar-refractivity contribution in [3.05, 3.63) is 0 Å². The Bertz CT molecular complexity index is 273. The summed E-state index contributed by atoms with van der Waals surface area (Å²) in [5, 5.41) is 8.79. The van der Waals surface area contributed by atoms with Crippen LogP contribution in [0, 0.1) is 5.92 Å². The van der Waals surface area contributed by atoms with Gasteiger partial charge in [-0.2, -0.15) is 0 Å². The fourth-order valence-corrected chi connectivity index (χ4v) is 2.08. The molecule has 0 bridgehead atoms. The van der Waals surface area contributed by atoms with Gasteiger partial charge >= 0.3 is 12.0 Å². The molecule has 1 fully saturated rings. The van der Waals surface area contributed by atoms with E-state index in [4.69, 9.17) is 5.11 Å². The molecule has 2 amide bonds. The Hall–Kier alpha value is -1.26. The van der Waals surface area contributed by atoms with Crippen LogP contribution in [-0.2, 0) is 4.79 Å². The number of urea groups is 1. The molecule has 1 rings (SSSR count). The van der Waals surface area contributed by atoms with Gasteiger partial charge in [0.05, 0.1) is 0 Å². The molecule has 0 atom stereocenters. The van der Waals surface area contributed by atoms with Crippen molar-refractivity contribution in [2.24, 2.45) is 5.92 Å². The fourth-order valence-electron chi connectivity index (χ4n) is 2.08. The number of carboxylic acids is 1. The van der Waals surface area contributed by atoms with Crippen LogP contribution < -0.4 is 0 Å². The lowest BCUT2D eigenvalue weighted by Gasteiger charge is -2.34. The summed E-state index contributed by atoms with van der Waals surface area (Å²) in [5.74, 6) is -0.282. The van der Waals surface area contributed by atoms with Gasteiger partial charge in [0.15, 0.2) is 0 Å². The predicted molar refractivity (Wildman–Crippen MR) is 64.9 cm³/mol. The topological polar surface area (TPSA) is 60.9 Å². The number of carbonyl (C=O) groups is 2. The van der Waals surface area contributed by atoms with E-state index in [1.165, 1.54) is 4.90 Å². The first-order valence-electron chi connectivity index (χ1n) is 6.30. The molecule has 1 aliphatic rings. The van der Waals surface area contributed by atoms with E-state index in [-0.39, 0.29) is 12.6 Å². The zero-order chi connectivity index (χ0) is 12.8. The Morgan fingerprint density at radius 1 is 1.35 bits per heavy atom. The van der Waals surface area contributed by atoms with Crippen molar-refractivity contribution in [3.63, 3.8) is 0 Å². The molecule has 1 aliphatic heterocycles. The zero-order valence-corrected chi connectivity index (χ0v) is 10.7. The molecule has 5 heteroatoms. The number of carboxylic acid groups (broad SMARTS) is 1. The van der Waals surface area contributed by atoms with Crippen molar-refractivity contribution in [3.8, 4) is 0 Å². The highest BCUT2D eigenvalue weighted by molar-refractivity contribution is 5.80. The van der Waals surface area contributed by atoms with E-state index in [0.717, 1.165) is 32.4 Å². The molecular formula is C12H22N2O3. The number of hydrogen-bond acceptors (Lipinski definition) is 2. The van der Waals surface area contributed by atoms with Crippen LogP contribution in [0.15, 0.2) is 0 Å². The van der Waals surface area contributed by atoms with Gasteiger partial charge in [-0.05, 0) is 25.2 Å². The highest BCUT2D eigenvalue weighted by Gasteiger charge is 2.25. The molecule has 0 radical (unpaired) electrons. The van der Waals surface area contributed by atoms with Gasteiger partial charge in [-0.25, -0.2) is 4.79 Å². The Labute approximate surface area is 102 Å². The minimum atomic E-state index is -0.947. The SMILES string of the molecule is CCCN(CC(=O)O)C(=O)N1CCC(C)CC1. The molecule has 1 heterocycles. The maximum Gasteiger partial charge on any atom is 0.323 e. The van der Waals surface area contributed by atoms with Gasteiger partial charge in [0.25, 0.3) is 0 Å². The first kappa shape index (κ1) is 13.8. The van der Waals surface area contributed by atoms with Crippen LogP contribution in [-0.4, -0.2) is 53.1 Å². The summed E-state index contributed by atoms with van der Waals surface area (Å²) in [4.78, 5) is 26.0. The summed E-state index contributed by atoms with van der Waals surface area (Å²) in [5.41, 5.74) is 0. The molecular weight excluding hydrogens is 220 g/mol. The summed E-state index contributed by atoms with van der Waals surface area (Å²) in [7, 11) is 0. The van der Waals surface area contributed by atoms with Gasteiger partial charge in [-0.3, -0.25) is 4.79 Å². The van der Waals surface area contributed by atoms with Crippen molar-refractivity contribution in [2.75, 3.05) is 26.2 Å². The van der Waals surface area contributed by atoms with Crippen LogP contribution in [0.25, 0.3) is 0 Å². The highest BCUT2D eigenvalue weighted by atomic mass is 16.4. The van der Waals surface area contributed by atoms with Gasteiger partial charge in [0.2, 0.25) is 0 Å². The number of amides is 2. The van der Waals surface area contributed by atoms with Gasteiger partial charge in [0.1, 0.15) is 6.54 Å². The molecule has 0 aromatic rings. The van der Waals surface area contributed by atoms with Crippen LogP contribution in [0.2, 0.25) is 0 Å². The summed E-state index contributed by atoms with van der Waals surface area (Å²) >= 11 is 0. The monoisotopic (exact) mass is 242 g/mol. The van der Waals surface area contributed by atoms with Crippen LogP contribution in [0.4, 0.5) is 4.79 Å². The highest BCUT2D eigenvalue weighted by Crippen LogP contribution is 2.17. The predicted octanol–water partition coefficient (Wildman–Crippen LogP) is 1.63. The van der Waals surface area contributed by atoms with Crippen molar-refractivity contribution >= 4 is 12.0 Å². The molecule has 0 spiro atoms. The Morgan fingerprint density at radius 2 is 1.94 bits per heavy atom. The minimum Gasteiger partial charge on any atom is -0.480 e. The Kier molecular flexibility index (Phi) is 5.25.